The fourth-order valence-electron chi connectivity index (χ4n) is 5.77. The zero-order valence-corrected chi connectivity index (χ0v) is 20.0. The average molecular weight is 453 g/mol. The highest BCUT2D eigenvalue weighted by molar-refractivity contribution is 8.03. The second kappa shape index (κ2) is 6.75. The van der Waals surface area contributed by atoms with Crippen molar-refractivity contribution in [2.45, 2.75) is 45.9 Å². The summed E-state index contributed by atoms with van der Waals surface area (Å²) in [5, 5.41) is 17.6. The molecule has 0 aromatic heterocycles. The summed E-state index contributed by atoms with van der Waals surface area (Å²) in [6, 6.07) is 3.75. The second-order valence-corrected chi connectivity index (χ2v) is 10.5. The van der Waals surface area contributed by atoms with Gasteiger partial charge in [0.15, 0.2) is 11.8 Å². The van der Waals surface area contributed by atoms with Crippen molar-refractivity contribution in [3.8, 4) is 5.75 Å². The van der Waals surface area contributed by atoms with Gasteiger partial charge in [0.05, 0.1) is 11.1 Å². The van der Waals surface area contributed by atoms with Crippen molar-refractivity contribution in [1.29, 1.82) is 0 Å². The molecule has 1 aromatic rings. The van der Waals surface area contributed by atoms with Gasteiger partial charge >= 0.3 is 0 Å². The van der Waals surface area contributed by atoms with Crippen molar-refractivity contribution in [1.82, 2.24) is 5.32 Å². The normalized spacial score (nSPS) is 33.0. The minimum absolute atomic E-state index is 0.279. The topological polar surface area (TPSA) is 80.2 Å². The number of thioether (sulfide) groups is 1. The quantitative estimate of drug-likeness (QED) is 0.655. The van der Waals surface area contributed by atoms with Crippen molar-refractivity contribution in [3.63, 3.8) is 0 Å². The standard InChI is InChI=1S/C25H28N2O4S/c1-13-7-10-17-23(2,3)20(27-30-5)16(32-6)12-25(17)24(13,4)11-14-8-9-15-18(19(14)31-25)22(29)26-21(15)28/h7-10,12,22,29H,11H2,1-6H3,(H,26,28). The third-order valence-electron chi connectivity index (χ3n) is 7.70. The number of carbonyl (C=O) groups excluding carboxylic acids is 1. The van der Waals surface area contributed by atoms with E-state index in [4.69, 9.17) is 9.57 Å². The maximum Gasteiger partial charge on any atom is 0.254 e. The maximum atomic E-state index is 12.4. The first-order valence-corrected chi connectivity index (χ1v) is 12.0. The second-order valence-electron chi connectivity index (χ2n) is 9.63. The van der Waals surface area contributed by atoms with Crippen molar-refractivity contribution >= 4 is 23.4 Å². The van der Waals surface area contributed by atoms with Crippen molar-refractivity contribution < 1.29 is 19.5 Å². The van der Waals surface area contributed by atoms with Crippen LogP contribution in [0.4, 0.5) is 0 Å². The molecule has 2 heterocycles. The van der Waals surface area contributed by atoms with E-state index in [1.165, 1.54) is 5.57 Å². The van der Waals surface area contributed by atoms with Crippen LogP contribution in [-0.2, 0) is 11.3 Å². The highest BCUT2D eigenvalue weighted by Gasteiger charge is 2.63. The van der Waals surface area contributed by atoms with E-state index in [0.29, 0.717) is 16.9 Å². The summed E-state index contributed by atoms with van der Waals surface area (Å²) in [6.07, 6.45) is 8.17. The van der Waals surface area contributed by atoms with E-state index in [1.54, 1.807) is 24.9 Å². The predicted molar refractivity (Wildman–Crippen MR) is 126 cm³/mol. The van der Waals surface area contributed by atoms with E-state index in [2.05, 4.69) is 56.4 Å². The number of fused-ring (bicyclic) bond motifs is 3. The van der Waals surface area contributed by atoms with E-state index in [-0.39, 0.29) is 11.3 Å². The molecule has 168 valence electrons. The summed E-state index contributed by atoms with van der Waals surface area (Å²) in [5.74, 6) is 0.324. The molecule has 0 radical (unpaired) electrons. The Morgan fingerprint density at radius 3 is 2.72 bits per heavy atom. The number of nitrogens with zero attached hydrogens (tertiary/aromatic N) is 1. The van der Waals surface area contributed by atoms with Crippen LogP contribution in [-0.4, -0.2) is 35.7 Å². The van der Waals surface area contributed by atoms with E-state index >= 15 is 0 Å². The fraction of sp³-hybridized carbons (Fsp3) is 0.440. The highest BCUT2D eigenvalue weighted by atomic mass is 32.2. The molecule has 2 N–H and O–H groups in total. The first kappa shape index (κ1) is 21.3. The molecule has 4 aliphatic rings. The molecular weight excluding hydrogens is 424 g/mol. The summed E-state index contributed by atoms with van der Waals surface area (Å²) in [7, 11) is 1.57. The van der Waals surface area contributed by atoms with Crippen molar-refractivity contribution in [2.75, 3.05) is 13.4 Å². The van der Waals surface area contributed by atoms with E-state index in [1.807, 2.05) is 12.3 Å². The first-order valence-electron chi connectivity index (χ1n) is 10.7. The molecule has 1 amide bonds. The lowest BCUT2D eigenvalue weighted by Gasteiger charge is -2.58. The fourth-order valence-corrected chi connectivity index (χ4v) is 6.54. The number of aliphatic hydroxyl groups is 1. The van der Waals surface area contributed by atoms with Crippen LogP contribution in [0.3, 0.4) is 0 Å². The van der Waals surface area contributed by atoms with Crippen LogP contribution in [0.2, 0.25) is 0 Å². The van der Waals surface area contributed by atoms with Crippen LogP contribution in [0, 0.1) is 10.8 Å². The Bertz CT molecular complexity index is 1180. The van der Waals surface area contributed by atoms with Gasteiger partial charge in [-0.1, -0.05) is 49.7 Å². The molecule has 0 saturated carbocycles. The van der Waals surface area contributed by atoms with Crippen LogP contribution in [0.15, 0.2) is 51.6 Å². The molecule has 3 atom stereocenters. The zero-order valence-electron chi connectivity index (χ0n) is 19.2. The number of benzene rings is 1. The summed E-state index contributed by atoms with van der Waals surface area (Å²) >= 11 is 1.62. The van der Waals surface area contributed by atoms with Crippen LogP contribution < -0.4 is 10.1 Å². The van der Waals surface area contributed by atoms with Gasteiger partial charge in [0, 0.05) is 15.7 Å². The monoisotopic (exact) mass is 452 g/mol. The molecule has 5 rings (SSSR count). The number of allylic oxidation sites excluding steroid dienone is 3. The molecule has 7 heteroatoms. The minimum atomic E-state index is -1.08. The van der Waals surface area contributed by atoms with E-state index < -0.39 is 17.2 Å². The lowest BCUT2D eigenvalue weighted by Crippen LogP contribution is -2.62. The Labute approximate surface area is 192 Å². The molecule has 0 bridgehead atoms. The smallest absolute Gasteiger partial charge is 0.254 e. The minimum Gasteiger partial charge on any atom is -0.477 e. The van der Waals surface area contributed by atoms with E-state index in [0.717, 1.165) is 28.2 Å². The number of aliphatic hydroxyl groups excluding tert-OH is 1. The van der Waals surface area contributed by atoms with Gasteiger partial charge in [0.1, 0.15) is 18.6 Å². The van der Waals surface area contributed by atoms with Crippen LogP contribution in [0.25, 0.3) is 0 Å². The third-order valence-corrected chi connectivity index (χ3v) is 8.45. The Morgan fingerprint density at radius 2 is 2.03 bits per heavy atom. The Hall–Kier alpha value is -2.51. The Kier molecular flexibility index (Phi) is 4.50. The number of carbonyl (C=O) groups is 1. The number of rotatable bonds is 2. The van der Waals surface area contributed by atoms with Crippen LogP contribution in [0.1, 0.15) is 55.4 Å². The highest BCUT2D eigenvalue weighted by Crippen LogP contribution is 2.62. The van der Waals surface area contributed by atoms with Gasteiger partial charge in [-0.3, -0.25) is 4.79 Å². The molecule has 1 aromatic carbocycles. The van der Waals surface area contributed by atoms with Gasteiger partial charge < -0.3 is 20.0 Å². The molecule has 6 nitrogen and oxygen atoms in total. The average Bonchev–Trinajstić information content (AvgIpc) is 3.03. The van der Waals surface area contributed by atoms with Gasteiger partial charge in [0.25, 0.3) is 5.91 Å². The van der Waals surface area contributed by atoms with Gasteiger partial charge in [-0.2, -0.15) is 0 Å². The molecule has 2 aliphatic carbocycles. The molecule has 3 unspecified atom stereocenters. The van der Waals surface area contributed by atoms with E-state index in [9.17, 15) is 9.90 Å². The molecule has 32 heavy (non-hydrogen) atoms. The number of hydrogen-bond acceptors (Lipinski definition) is 6. The Balaban J connectivity index is 1.83. The number of amides is 1. The summed E-state index contributed by atoms with van der Waals surface area (Å²) < 4.78 is 7.01. The molecule has 0 saturated heterocycles. The van der Waals surface area contributed by atoms with Crippen LogP contribution in [0.5, 0.6) is 5.75 Å². The number of oxime groups is 1. The number of nitrogens with one attached hydrogen (secondary N) is 1. The van der Waals surface area contributed by atoms with Crippen molar-refractivity contribution in [3.05, 3.63) is 63.1 Å². The maximum absolute atomic E-state index is 12.4. The predicted octanol–water partition coefficient (Wildman–Crippen LogP) is 4.28. The molecule has 1 spiro atoms. The first-order chi connectivity index (χ1) is 15.1. The summed E-state index contributed by atoms with van der Waals surface area (Å²) in [4.78, 5) is 18.6. The zero-order chi connectivity index (χ0) is 23.1. The summed E-state index contributed by atoms with van der Waals surface area (Å²) in [5.41, 5.74) is 3.58. The lowest BCUT2D eigenvalue weighted by molar-refractivity contribution is 0.00716. The van der Waals surface area contributed by atoms with Crippen LogP contribution >= 0.6 is 11.8 Å². The lowest BCUT2D eigenvalue weighted by atomic mass is 9.52. The van der Waals surface area contributed by atoms with Gasteiger partial charge in [-0.05, 0) is 42.9 Å². The Morgan fingerprint density at radius 1 is 1.28 bits per heavy atom. The number of hydrogen-bond donors (Lipinski definition) is 2. The summed E-state index contributed by atoms with van der Waals surface area (Å²) in [6.45, 7) is 8.68. The third kappa shape index (κ3) is 2.46. The SMILES string of the molecule is CON=C1C(SC)=CC23Oc4c(ccc5c4C(O)NC5=O)CC2(C)C(C)=CC=C3C1(C)C. The largest absolute Gasteiger partial charge is 0.477 e. The molecular formula is C25H28N2O4S. The number of ether oxygens (including phenoxy) is 1. The van der Waals surface area contributed by atoms with Crippen molar-refractivity contribution in [2.24, 2.45) is 16.0 Å². The molecule has 2 aliphatic heterocycles. The van der Waals surface area contributed by atoms with Gasteiger partial charge in [0.2, 0.25) is 0 Å². The van der Waals surface area contributed by atoms with Gasteiger partial charge in [-0.15, -0.1) is 11.8 Å². The molecule has 0 fully saturated rings. The van der Waals surface area contributed by atoms with Gasteiger partial charge in [-0.25, -0.2) is 0 Å².